The molecule has 0 saturated carbocycles. The number of tetrazole rings is 1. The van der Waals surface area contributed by atoms with E-state index in [9.17, 15) is 0 Å². The van der Waals surface area contributed by atoms with Crippen LogP contribution in [-0.2, 0) is 13.5 Å². The molecule has 1 unspecified atom stereocenters. The maximum atomic E-state index is 4.49. The zero-order chi connectivity index (χ0) is 13.7. The summed E-state index contributed by atoms with van der Waals surface area (Å²) >= 11 is 0. The van der Waals surface area contributed by atoms with Gasteiger partial charge in [-0.15, -0.1) is 10.2 Å². The second kappa shape index (κ2) is 6.38. The topological polar surface area (TPSA) is 68.5 Å². The molecule has 2 rings (SSSR count). The lowest BCUT2D eigenvalue weighted by molar-refractivity contribution is 0.504. The van der Waals surface area contributed by atoms with Gasteiger partial charge in [0, 0.05) is 12.6 Å². The van der Waals surface area contributed by atoms with Crippen molar-refractivity contribution in [1.29, 1.82) is 0 Å². The molecule has 2 aromatic heterocycles. The molecule has 1 N–H and O–H groups in total. The van der Waals surface area contributed by atoms with Gasteiger partial charge in [0.25, 0.3) is 0 Å². The minimum atomic E-state index is 0.130. The first-order valence-electron chi connectivity index (χ1n) is 6.58. The molecule has 0 aliphatic rings. The number of nitrogens with zero attached hydrogens (tertiary/aromatic N) is 5. The van der Waals surface area contributed by atoms with Gasteiger partial charge in [-0.05, 0) is 36.7 Å². The first-order valence-corrected chi connectivity index (χ1v) is 6.58. The van der Waals surface area contributed by atoms with Gasteiger partial charge in [0.2, 0.25) is 0 Å². The Bertz CT molecular complexity index is 521. The average molecular weight is 260 g/mol. The monoisotopic (exact) mass is 260 g/mol. The van der Waals surface area contributed by atoms with Crippen LogP contribution in [-0.4, -0.2) is 31.7 Å². The second-order valence-electron chi connectivity index (χ2n) is 4.61. The zero-order valence-electron chi connectivity index (χ0n) is 11.7. The van der Waals surface area contributed by atoms with E-state index in [0.717, 1.165) is 24.5 Å². The lowest BCUT2D eigenvalue weighted by Crippen LogP contribution is -2.26. The summed E-state index contributed by atoms with van der Waals surface area (Å²) in [6, 6.07) is 4.16. The number of nitrogens with one attached hydrogen (secondary N) is 1. The fraction of sp³-hybridized carbons (Fsp3) is 0.538. The summed E-state index contributed by atoms with van der Waals surface area (Å²) in [5, 5.41) is 15.7. The average Bonchev–Trinajstić information content (AvgIpc) is 2.81. The molecule has 19 heavy (non-hydrogen) atoms. The van der Waals surface area contributed by atoms with Crippen molar-refractivity contribution in [3.8, 4) is 0 Å². The molecule has 0 radical (unpaired) electrons. The smallest absolute Gasteiger partial charge is 0.176 e. The predicted octanol–water partition coefficient (Wildman–Crippen LogP) is 1.20. The summed E-state index contributed by atoms with van der Waals surface area (Å²) in [4.78, 5) is 5.97. The zero-order valence-corrected chi connectivity index (χ0v) is 11.7. The number of hydrogen-bond donors (Lipinski definition) is 1. The highest BCUT2D eigenvalue weighted by Crippen LogP contribution is 2.17. The minimum Gasteiger partial charge on any atom is -0.308 e. The van der Waals surface area contributed by atoms with E-state index >= 15 is 0 Å². The fourth-order valence-electron chi connectivity index (χ4n) is 2.03. The van der Waals surface area contributed by atoms with Crippen LogP contribution in [0.15, 0.2) is 18.3 Å². The van der Waals surface area contributed by atoms with Gasteiger partial charge in [-0.25, -0.2) is 0 Å². The van der Waals surface area contributed by atoms with Crippen LogP contribution in [0, 0.1) is 6.92 Å². The van der Waals surface area contributed by atoms with Crippen LogP contribution in [0.4, 0.5) is 0 Å². The molecule has 0 fully saturated rings. The van der Waals surface area contributed by atoms with Gasteiger partial charge in [-0.1, -0.05) is 13.0 Å². The first-order chi connectivity index (χ1) is 9.20. The number of pyridine rings is 1. The van der Waals surface area contributed by atoms with Gasteiger partial charge in [0.05, 0.1) is 18.8 Å². The number of rotatable bonds is 6. The Hall–Kier alpha value is -1.82. The lowest BCUT2D eigenvalue weighted by Gasteiger charge is -2.18. The number of aromatic nitrogens is 5. The fourth-order valence-corrected chi connectivity index (χ4v) is 2.03. The van der Waals surface area contributed by atoms with E-state index in [1.54, 1.807) is 7.05 Å². The van der Waals surface area contributed by atoms with Gasteiger partial charge in [0.1, 0.15) is 0 Å². The third kappa shape index (κ3) is 3.57. The Balaban J connectivity index is 2.18. The largest absolute Gasteiger partial charge is 0.308 e. The van der Waals surface area contributed by atoms with Crippen LogP contribution in [0.2, 0.25) is 0 Å². The van der Waals surface area contributed by atoms with Crippen molar-refractivity contribution in [2.24, 2.45) is 7.05 Å². The van der Waals surface area contributed by atoms with Crippen LogP contribution < -0.4 is 5.32 Å². The highest BCUT2D eigenvalue weighted by Gasteiger charge is 2.17. The molecule has 0 aliphatic carbocycles. The minimum absolute atomic E-state index is 0.130. The van der Waals surface area contributed by atoms with E-state index < -0.39 is 0 Å². The summed E-state index contributed by atoms with van der Waals surface area (Å²) < 4.78 is 0. The Labute approximate surface area is 113 Å². The molecule has 1 atom stereocenters. The predicted molar refractivity (Wildman–Crippen MR) is 72.5 cm³/mol. The summed E-state index contributed by atoms with van der Waals surface area (Å²) in [7, 11) is 1.77. The Morgan fingerprint density at radius 3 is 2.89 bits per heavy atom. The molecular weight excluding hydrogens is 240 g/mol. The van der Waals surface area contributed by atoms with E-state index in [1.807, 2.05) is 12.3 Å². The molecule has 6 nitrogen and oxygen atoms in total. The highest BCUT2D eigenvalue weighted by atomic mass is 15.6. The highest BCUT2D eigenvalue weighted by molar-refractivity contribution is 5.21. The number of hydrogen-bond acceptors (Lipinski definition) is 5. The standard InChI is InChI=1S/C13H20N6/c1-4-7-14-11(9-12-16-18-19(3)17-12)13-10(2)6-5-8-15-13/h5-6,8,11,14H,4,7,9H2,1-3H3. The molecule has 0 aromatic carbocycles. The molecule has 2 heterocycles. The van der Waals surface area contributed by atoms with Crippen molar-refractivity contribution in [2.45, 2.75) is 32.7 Å². The van der Waals surface area contributed by atoms with E-state index in [2.05, 4.69) is 45.6 Å². The summed E-state index contributed by atoms with van der Waals surface area (Å²) in [6.45, 7) is 5.17. The SMILES string of the molecule is CCCNC(Cc1nnn(C)n1)c1ncccc1C. The van der Waals surface area contributed by atoms with E-state index in [0.29, 0.717) is 6.42 Å². The maximum absolute atomic E-state index is 4.49. The third-order valence-corrected chi connectivity index (χ3v) is 2.96. The van der Waals surface area contributed by atoms with Gasteiger partial charge in [-0.2, -0.15) is 4.80 Å². The quantitative estimate of drug-likeness (QED) is 0.845. The molecule has 0 amide bonds. The van der Waals surface area contributed by atoms with Crippen molar-refractivity contribution in [3.63, 3.8) is 0 Å². The van der Waals surface area contributed by atoms with Crippen molar-refractivity contribution in [3.05, 3.63) is 35.4 Å². The van der Waals surface area contributed by atoms with Crippen LogP contribution in [0.1, 0.15) is 36.5 Å². The van der Waals surface area contributed by atoms with Gasteiger partial charge >= 0.3 is 0 Å². The molecule has 2 aromatic rings. The molecule has 102 valence electrons. The van der Waals surface area contributed by atoms with Gasteiger partial charge in [0.15, 0.2) is 5.82 Å². The van der Waals surface area contributed by atoms with Crippen molar-refractivity contribution in [1.82, 2.24) is 30.5 Å². The maximum Gasteiger partial charge on any atom is 0.176 e. The van der Waals surface area contributed by atoms with Crippen molar-refractivity contribution < 1.29 is 0 Å². The Morgan fingerprint density at radius 2 is 2.26 bits per heavy atom. The Kier molecular flexibility index (Phi) is 4.57. The van der Waals surface area contributed by atoms with Crippen LogP contribution in [0.25, 0.3) is 0 Å². The molecule has 0 saturated heterocycles. The van der Waals surface area contributed by atoms with E-state index in [1.165, 1.54) is 10.4 Å². The molecular formula is C13H20N6. The molecule has 0 bridgehead atoms. The van der Waals surface area contributed by atoms with Gasteiger partial charge < -0.3 is 5.32 Å². The lowest BCUT2D eigenvalue weighted by atomic mass is 10.0. The van der Waals surface area contributed by atoms with Crippen LogP contribution in [0.5, 0.6) is 0 Å². The van der Waals surface area contributed by atoms with Gasteiger partial charge in [-0.3, -0.25) is 4.98 Å². The second-order valence-corrected chi connectivity index (χ2v) is 4.61. The number of aryl methyl sites for hydroxylation is 2. The summed E-state index contributed by atoms with van der Waals surface area (Å²) in [5.41, 5.74) is 2.24. The van der Waals surface area contributed by atoms with E-state index in [-0.39, 0.29) is 6.04 Å². The summed E-state index contributed by atoms with van der Waals surface area (Å²) in [5.74, 6) is 0.737. The third-order valence-electron chi connectivity index (χ3n) is 2.96. The van der Waals surface area contributed by atoms with Crippen LogP contribution >= 0.6 is 0 Å². The van der Waals surface area contributed by atoms with E-state index in [4.69, 9.17) is 0 Å². The summed E-state index contributed by atoms with van der Waals surface area (Å²) in [6.07, 6.45) is 3.61. The van der Waals surface area contributed by atoms with Crippen molar-refractivity contribution in [2.75, 3.05) is 6.54 Å². The molecule has 6 heteroatoms. The molecule has 0 spiro atoms. The normalized spacial score (nSPS) is 12.6. The van der Waals surface area contributed by atoms with Crippen LogP contribution in [0.3, 0.4) is 0 Å². The first kappa shape index (κ1) is 13.6. The Morgan fingerprint density at radius 1 is 1.42 bits per heavy atom. The van der Waals surface area contributed by atoms with Crippen molar-refractivity contribution >= 4 is 0 Å². The molecule has 0 aliphatic heterocycles.